The molecule has 0 bridgehead atoms. The average Bonchev–Trinajstić information content (AvgIpc) is 2.91. The lowest BCUT2D eigenvalue weighted by Gasteiger charge is -2.11. The van der Waals surface area contributed by atoms with Crippen LogP contribution in [-0.2, 0) is 0 Å². The molecule has 8 heteroatoms. The highest BCUT2D eigenvalue weighted by atomic mass is 79.9. The van der Waals surface area contributed by atoms with Gasteiger partial charge in [0.1, 0.15) is 22.3 Å². The maximum absolute atomic E-state index is 12.0. The van der Waals surface area contributed by atoms with Crippen LogP contribution in [0.25, 0.3) is 0 Å². The lowest BCUT2D eigenvalue weighted by atomic mass is 10.2. The molecule has 100 valence electrons. The highest BCUT2D eigenvalue weighted by Crippen LogP contribution is 2.35. The van der Waals surface area contributed by atoms with E-state index in [0.29, 0.717) is 21.5 Å². The second-order valence-electron chi connectivity index (χ2n) is 3.48. The smallest absolute Gasteiger partial charge is 0.258 e. The first-order valence-corrected chi connectivity index (χ1v) is 6.03. The lowest BCUT2D eigenvalue weighted by Crippen LogP contribution is -2.13. The molecule has 0 atom stereocenters. The number of halogens is 1. The standard InChI is InChI=1S/C11H11BrN4O3/c1-18-7-3-6(4-8(19-2)9(7)12)10(17)15-11-13-5-14-16-11/h3-5H,1-2H3,(H2,13,14,15,16,17). The van der Waals surface area contributed by atoms with Crippen molar-refractivity contribution in [3.8, 4) is 11.5 Å². The van der Waals surface area contributed by atoms with Gasteiger partial charge in [-0.2, -0.15) is 10.1 Å². The molecule has 19 heavy (non-hydrogen) atoms. The number of aromatic nitrogens is 3. The molecular formula is C11H11BrN4O3. The summed E-state index contributed by atoms with van der Waals surface area (Å²) in [7, 11) is 3.02. The molecule has 0 unspecified atom stereocenters. The summed E-state index contributed by atoms with van der Waals surface area (Å²) in [5.74, 6) is 0.927. The van der Waals surface area contributed by atoms with E-state index in [1.54, 1.807) is 12.1 Å². The van der Waals surface area contributed by atoms with Gasteiger partial charge in [-0.15, -0.1) is 0 Å². The van der Waals surface area contributed by atoms with Gasteiger partial charge in [-0.05, 0) is 28.1 Å². The summed E-state index contributed by atoms with van der Waals surface area (Å²) in [5.41, 5.74) is 0.383. The van der Waals surface area contributed by atoms with E-state index in [1.165, 1.54) is 20.5 Å². The molecule has 0 spiro atoms. The average molecular weight is 327 g/mol. The first-order chi connectivity index (χ1) is 9.15. The van der Waals surface area contributed by atoms with Gasteiger partial charge in [-0.1, -0.05) is 0 Å². The summed E-state index contributed by atoms with van der Waals surface area (Å²) in [6.07, 6.45) is 1.30. The predicted molar refractivity (Wildman–Crippen MR) is 71.6 cm³/mol. The normalized spacial score (nSPS) is 10.1. The molecule has 2 aromatic rings. The second-order valence-corrected chi connectivity index (χ2v) is 4.28. The fraction of sp³-hybridized carbons (Fsp3) is 0.182. The van der Waals surface area contributed by atoms with Crippen LogP contribution in [0.5, 0.6) is 11.5 Å². The Morgan fingerprint density at radius 1 is 1.32 bits per heavy atom. The van der Waals surface area contributed by atoms with E-state index in [2.05, 4.69) is 36.4 Å². The number of carbonyl (C=O) groups excluding carboxylic acids is 1. The van der Waals surface area contributed by atoms with Crippen LogP contribution in [-0.4, -0.2) is 35.3 Å². The molecular weight excluding hydrogens is 316 g/mol. The molecule has 0 aliphatic carbocycles. The highest BCUT2D eigenvalue weighted by Gasteiger charge is 2.15. The molecule has 0 aliphatic rings. The minimum absolute atomic E-state index is 0.269. The van der Waals surface area contributed by atoms with Gasteiger partial charge in [0.05, 0.1) is 14.2 Å². The first kappa shape index (κ1) is 13.3. The zero-order valence-electron chi connectivity index (χ0n) is 10.2. The van der Waals surface area contributed by atoms with Gasteiger partial charge >= 0.3 is 0 Å². The van der Waals surface area contributed by atoms with E-state index in [9.17, 15) is 4.79 Å². The van der Waals surface area contributed by atoms with Crippen molar-refractivity contribution in [3.05, 3.63) is 28.5 Å². The number of ether oxygens (including phenoxy) is 2. The van der Waals surface area contributed by atoms with E-state index in [0.717, 1.165) is 0 Å². The number of hydrogen-bond acceptors (Lipinski definition) is 5. The van der Waals surface area contributed by atoms with Crippen LogP contribution < -0.4 is 14.8 Å². The summed E-state index contributed by atoms with van der Waals surface area (Å²) < 4.78 is 11.0. The number of amides is 1. The number of nitrogens with zero attached hydrogens (tertiary/aromatic N) is 2. The monoisotopic (exact) mass is 326 g/mol. The zero-order chi connectivity index (χ0) is 13.8. The van der Waals surface area contributed by atoms with Gasteiger partial charge in [0.15, 0.2) is 0 Å². The van der Waals surface area contributed by atoms with Crippen molar-refractivity contribution in [2.45, 2.75) is 0 Å². The summed E-state index contributed by atoms with van der Waals surface area (Å²) in [4.78, 5) is 15.8. The maximum atomic E-state index is 12.0. The van der Waals surface area contributed by atoms with Crippen LogP contribution in [0.15, 0.2) is 22.9 Å². The fourth-order valence-electron chi connectivity index (χ4n) is 1.45. The van der Waals surface area contributed by atoms with Crippen molar-refractivity contribution in [2.75, 3.05) is 19.5 Å². The largest absolute Gasteiger partial charge is 0.495 e. The van der Waals surface area contributed by atoms with E-state index in [1.807, 2.05) is 0 Å². The Hall–Kier alpha value is -2.09. The number of benzene rings is 1. The molecule has 2 rings (SSSR count). The van der Waals surface area contributed by atoms with Crippen molar-refractivity contribution >= 4 is 27.8 Å². The molecule has 0 fully saturated rings. The zero-order valence-corrected chi connectivity index (χ0v) is 11.8. The predicted octanol–water partition coefficient (Wildman–Crippen LogP) is 1.84. The third kappa shape index (κ3) is 2.84. The van der Waals surface area contributed by atoms with Crippen LogP contribution in [0.3, 0.4) is 0 Å². The third-order valence-electron chi connectivity index (χ3n) is 2.35. The molecule has 0 aliphatic heterocycles. The van der Waals surface area contributed by atoms with E-state index in [4.69, 9.17) is 9.47 Å². The van der Waals surface area contributed by atoms with Crippen molar-refractivity contribution in [1.29, 1.82) is 0 Å². The second kappa shape index (κ2) is 5.70. The van der Waals surface area contributed by atoms with E-state index >= 15 is 0 Å². The van der Waals surface area contributed by atoms with Crippen molar-refractivity contribution in [1.82, 2.24) is 15.2 Å². The highest BCUT2D eigenvalue weighted by molar-refractivity contribution is 9.10. The number of anilines is 1. The molecule has 0 saturated carbocycles. The Bertz CT molecular complexity index is 561. The third-order valence-corrected chi connectivity index (χ3v) is 3.14. The molecule has 7 nitrogen and oxygen atoms in total. The van der Waals surface area contributed by atoms with Crippen LogP contribution in [0.4, 0.5) is 5.95 Å². The number of rotatable bonds is 4. The summed E-state index contributed by atoms with van der Waals surface area (Å²) >= 11 is 3.34. The summed E-state index contributed by atoms with van der Waals surface area (Å²) in [6.45, 7) is 0. The van der Waals surface area contributed by atoms with Crippen LogP contribution in [0, 0.1) is 0 Å². The van der Waals surface area contributed by atoms with Crippen LogP contribution in [0.2, 0.25) is 0 Å². The van der Waals surface area contributed by atoms with Crippen molar-refractivity contribution in [2.24, 2.45) is 0 Å². The number of hydrogen-bond donors (Lipinski definition) is 2. The first-order valence-electron chi connectivity index (χ1n) is 5.24. The minimum atomic E-state index is -0.346. The van der Waals surface area contributed by atoms with Crippen molar-refractivity contribution < 1.29 is 14.3 Å². The van der Waals surface area contributed by atoms with Crippen molar-refractivity contribution in [3.63, 3.8) is 0 Å². The van der Waals surface area contributed by atoms with Gasteiger partial charge in [0, 0.05) is 5.56 Å². The molecule has 1 aromatic heterocycles. The number of H-pyrrole nitrogens is 1. The molecule has 1 amide bonds. The van der Waals surface area contributed by atoms with Gasteiger partial charge in [0.2, 0.25) is 5.95 Å². The molecule has 0 radical (unpaired) electrons. The number of aromatic amines is 1. The summed E-state index contributed by atoms with van der Waals surface area (Å²) in [5, 5.41) is 8.75. The maximum Gasteiger partial charge on any atom is 0.258 e. The Morgan fingerprint density at radius 2 is 1.95 bits per heavy atom. The van der Waals surface area contributed by atoms with Gasteiger partial charge in [0.25, 0.3) is 5.91 Å². The van der Waals surface area contributed by atoms with Crippen LogP contribution in [0.1, 0.15) is 10.4 Å². The van der Waals surface area contributed by atoms with Gasteiger partial charge < -0.3 is 9.47 Å². The Morgan fingerprint density at radius 3 is 2.42 bits per heavy atom. The Balaban J connectivity index is 2.31. The van der Waals surface area contributed by atoms with Gasteiger partial charge in [-0.25, -0.2) is 5.10 Å². The molecule has 2 N–H and O–H groups in total. The molecule has 0 saturated heterocycles. The number of carbonyl (C=O) groups is 1. The number of nitrogens with one attached hydrogen (secondary N) is 2. The van der Waals surface area contributed by atoms with E-state index < -0.39 is 0 Å². The number of methoxy groups -OCH3 is 2. The fourth-order valence-corrected chi connectivity index (χ4v) is 2.00. The quantitative estimate of drug-likeness (QED) is 0.894. The minimum Gasteiger partial charge on any atom is -0.495 e. The van der Waals surface area contributed by atoms with E-state index in [-0.39, 0.29) is 11.9 Å². The molecule has 1 aromatic carbocycles. The topological polar surface area (TPSA) is 89.1 Å². The molecule has 1 heterocycles. The SMILES string of the molecule is COc1cc(C(=O)Nc2ncn[nH]2)cc(OC)c1Br. The Kier molecular flexibility index (Phi) is 4.00. The van der Waals surface area contributed by atoms with Gasteiger partial charge in [-0.3, -0.25) is 10.1 Å². The lowest BCUT2D eigenvalue weighted by molar-refractivity contribution is 0.102. The van der Waals surface area contributed by atoms with Crippen LogP contribution >= 0.6 is 15.9 Å². The summed E-state index contributed by atoms with van der Waals surface area (Å²) in [6, 6.07) is 3.19. The Labute approximate surface area is 117 Å².